The monoisotopic (exact) mass is 268 g/mol. The summed E-state index contributed by atoms with van der Waals surface area (Å²) in [7, 11) is 0. The summed E-state index contributed by atoms with van der Waals surface area (Å²) in [5, 5.41) is 9.19. The average molecular weight is 269 g/mol. The third-order valence-corrected chi connectivity index (χ3v) is 3.91. The second-order valence-corrected chi connectivity index (χ2v) is 5.38. The average Bonchev–Trinajstić information content (AvgIpc) is 2.30. The summed E-state index contributed by atoms with van der Waals surface area (Å²) in [6.07, 6.45) is 4.88. The highest BCUT2D eigenvalue weighted by Crippen LogP contribution is 2.36. The van der Waals surface area contributed by atoms with Gasteiger partial charge < -0.3 is 5.11 Å². The number of hydrogen-bond acceptors (Lipinski definition) is 1. The summed E-state index contributed by atoms with van der Waals surface area (Å²) in [6, 6.07) is 8.62. The summed E-state index contributed by atoms with van der Waals surface area (Å²) in [5.41, 5.74) is 1.43. The van der Waals surface area contributed by atoms with Gasteiger partial charge in [-0.05, 0) is 48.8 Å². The third-order valence-electron chi connectivity index (χ3n) is 3.38. The molecular formula is C13H17BrO. The molecular weight excluding hydrogens is 252 g/mol. The number of rotatable bonds is 2. The van der Waals surface area contributed by atoms with E-state index in [1.165, 1.54) is 24.8 Å². The van der Waals surface area contributed by atoms with Gasteiger partial charge in [0.1, 0.15) is 0 Å². The zero-order chi connectivity index (χ0) is 10.7. The summed E-state index contributed by atoms with van der Waals surface area (Å²) in [4.78, 5) is 0. The maximum Gasteiger partial charge on any atom is 0.0459 e. The zero-order valence-corrected chi connectivity index (χ0v) is 10.4. The SMILES string of the molecule is OCC1CCCC(c2ccc(Br)cc2)C1. The Kier molecular flexibility index (Phi) is 3.81. The van der Waals surface area contributed by atoms with Gasteiger partial charge in [0.2, 0.25) is 0 Å². The minimum Gasteiger partial charge on any atom is -0.396 e. The van der Waals surface area contributed by atoms with E-state index < -0.39 is 0 Å². The predicted octanol–water partition coefficient (Wildman–Crippen LogP) is 3.72. The molecule has 0 heterocycles. The molecule has 2 atom stereocenters. The van der Waals surface area contributed by atoms with E-state index in [-0.39, 0.29) is 0 Å². The topological polar surface area (TPSA) is 20.2 Å². The van der Waals surface area contributed by atoms with Crippen molar-refractivity contribution in [2.45, 2.75) is 31.6 Å². The Hall–Kier alpha value is -0.340. The first kappa shape index (κ1) is 11.2. The van der Waals surface area contributed by atoms with Crippen LogP contribution in [-0.2, 0) is 0 Å². The van der Waals surface area contributed by atoms with E-state index in [0.717, 1.165) is 10.9 Å². The Morgan fingerprint density at radius 3 is 2.60 bits per heavy atom. The molecule has 0 aliphatic heterocycles. The van der Waals surface area contributed by atoms with Crippen molar-refractivity contribution in [3.8, 4) is 0 Å². The van der Waals surface area contributed by atoms with E-state index in [1.807, 2.05) is 0 Å². The predicted molar refractivity (Wildman–Crippen MR) is 65.9 cm³/mol. The van der Waals surface area contributed by atoms with Crippen LogP contribution >= 0.6 is 15.9 Å². The quantitative estimate of drug-likeness (QED) is 0.867. The van der Waals surface area contributed by atoms with Crippen LogP contribution in [-0.4, -0.2) is 11.7 Å². The minimum atomic E-state index is 0.354. The van der Waals surface area contributed by atoms with Crippen LogP contribution in [0, 0.1) is 5.92 Å². The Bertz CT molecular complexity index is 307. The van der Waals surface area contributed by atoms with Crippen molar-refractivity contribution in [1.82, 2.24) is 0 Å². The van der Waals surface area contributed by atoms with E-state index >= 15 is 0 Å². The second kappa shape index (κ2) is 5.13. The van der Waals surface area contributed by atoms with Gasteiger partial charge in [-0.2, -0.15) is 0 Å². The highest BCUT2D eigenvalue weighted by molar-refractivity contribution is 9.10. The number of benzene rings is 1. The van der Waals surface area contributed by atoms with Crippen molar-refractivity contribution >= 4 is 15.9 Å². The van der Waals surface area contributed by atoms with Gasteiger partial charge in [0.05, 0.1) is 0 Å². The molecule has 0 radical (unpaired) electrons. The van der Waals surface area contributed by atoms with E-state index in [1.54, 1.807) is 0 Å². The molecule has 15 heavy (non-hydrogen) atoms. The van der Waals surface area contributed by atoms with Crippen molar-refractivity contribution in [1.29, 1.82) is 0 Å². The summed E-state index contributed by atoms with van der Waals surface area (Å²) in [6.45, 7) is 0.354. The molecule has 0 aromatic heterocycles. The van der Waals surface area contributed by atoms with Crippen LogP contribution in [0.1, 0.15) is 37.2 Å². The molecule has 1 saturated carbocycles. The normalized spacial score (nSPS) is 26.5. The first-order chi connectivity index (χ1) is 7.29. The van der Waals surface area contributed by atoms with Gasteiger partial charge in [-0.3, -0.25) is 0 Å². The van der Waals surface area contributed by atoms with Crippen LogP contribution in [0.4, 0.5) is 0 Å². The standard InChI is InChI=1S/C13H17BrO/c14-13-6-4-11(5-7-13)12-3-1-2-10(8-12)9-15/h4-7,10,12,15H,1-3,8-9H2. The molecule has 1 N–H and O–H groups in total. The summed E-state index contributed by atoms with van der Waals surface area (Å²) < 4.78 is 1.14. The molecule has 2 heteroatoms. The number of hydrogen-bond donors (Lipinski definition) is 1. The van der Waals surface area contributed by atoms with Crippen LogP contribution in [0.15, 0.2) is 28.7 Å². The van der Waals surface area contributed by atoms with Crippen molar-refractivity contribution in [3.63, 3.8) is 0 Å². The lowest BCUT2D eigenvalue weighted by molar-refractivity contribution is 0.180. The molecule has 0 saturated heterocycles. The first-order valence-electron chi connectivity index (χ1n) is 5.66. The van der Waals surface area contributed by atoms with Crippen molar-refractivity contribution < 1.29 is 5.11 Å². The Balaban J connectivity index is 2.06. The molecule has 2 rings (SSSR count). The molecule has 0 spiro atoms. The Labute approximate surface area is 99.6 Å². The van der Waals surface area contributed by atoms with Gasteiger partial charge in [0.15, 0.2) is 0 Å². The highest BCUT2D eigenvalue weighted by atomic mass is 79.9. The van der Waals surface area contributed by atoms with E-state index in [4.69, 9.17) is 0 Å². The third kappa shape index (κ3) is 2.82. The fourth-order valence-corrected chi connectivity index (χ4v) is 2.76. The lowest BCUT2D eigenvalue weighted by atomic mass is 9.78. The summed E-state index contributed by atoms with van der Waals surface area (Å²) >= 11 is 3.45. The molecule has 1 aromatic rings. The van der Waals surface area contributed by atoms with Gasteiger partial charge in [-0.25, -0.2) is 0 Å². The highest BCUT2D eigenvalue weighted by Gasteiger charge is 2.22. The largest absolute Gasteiger partial charge is 0.396 e. The maximum atomic E-state index is 9.19. The fourth-order valence-electron chi connectivity index (χ4n) is 2.49. The van der Waals surface area contributed by atoms with E-state index in [2.05, 4.69) is 40.2 Å². The van der Waals surface area contributed by atoms with Gasteiger partial charge in [-0.1, -0.05) is 34.5 Å². The molecule has 1 nitrogen and oxygen atoms in total. The summed E-state index contributed by atoms with van der Waals surface area (Å²) in [5.74, 6) is 1.18. The lowest BCUT2D eigenvalue weighted by Gasteiger charge is -2.28. The van der Waals surface area contributed by atoms with Crippen LogP contribution in [0.25, 0.3) is 0 Å². The number of halogens is 1. The van der Waals surface area contributed by atoms with Crippen molar-refractivity contribution in [2.75, 3.05) is 6.61 Å². The van der Waals surface area contributed by atoms with Gasteiger partial charge >= 0.3 is 0 Å². The molecule has 1 aliphatic rings. The molecule has 82 valence electrons. The van der Waals surface area contributed by atoms with E-state index in [9.17, 15) is 5.11 Å². The van der Waals surface area contributed by atoms with Crippen LogP contribution in [0.5, 0.6) is 0 Å². The Morgan fingerprint density at radius 1 is 1.20 bits per heavy atom. The maximum absolute atomic E-state index is 9.19. The second-order valence-electron chi connectivity index (χ2n) is 4.46. The van der Waals surface area contributed by atoms with Gasteiger partial charge in [-0.15, -0.1) is 0 Å². The van der Waals surface area contributed by atoms with Crippen molar-refractivity contribution in [2.24, 2.45) is 5.92 Å². The zero-order valence-electron chi connectivity index (χ0n) is 8.82. The van der Waals surface area contributed by atoms with Gasteiger partial charge in [0.25, 0.3) is 0 Å². The molecule has 1 fully saturated rings. The Morgan fingerprint density at radius 2 is 1.93 bits per heavy atom. The first-order valence-corrected chi connectivity index (χ1v) is 6.45. The van der Waals surface area contributed by atoms with Crippen LogP contribution in [0.2, 0.25) is 0 Å². The molecule has 2 unspecified atom stereocenters. The molecule has 0 bridgehead atoms. The molecule has 1 aromatic carbocycles. The van der Waals surface area contributed by atoms with Gasteiger partial charge in [0, 0.05) is 11.1 Å². The van der Waals surface area contributed by atoms with Crippen LogP contribution in [0.3, 0.4) is 0 Å². The lowest BCUT2D eigenvalue weighted by Crippen LogP contribution is -2.17. The van der Waals surface area contributed by atoms with Crippen molar-refractivity contribution in [3.05, 3.63) is 34.3 Å². The fraction of sp³-hybridized carbons (Fsp3) is 0.538. The number of aliphatic hydroxyl groups excluding tert-OH is 1. The molecule has 1 aliphatic carbocycles. The van der Waals surface area contributed by atoms with Crippen LogP contribution < -0.4 is 0 Å². The van der Waals surface area contributed by atoms with E-state index in [0.29, 0.717) is 18.4 Å². The minimum absolute atomic E-state index is 0.354. The smallest absolute Gasteiger partial charge is 0.0459 e. The molecule has 0 amide bonds. The number of aliphatic hydroxyl groups is 1.